The number of hydrogen-bond donors (Lipinski definition) is 1. The standard InChI is InChI=1S/C16H32N2/c1-14(2)11-17-12-16-8-10-18(13-16)9-7-15-5-3-4-6-15/h14-17H,3-13H2,1-2H3. The zero-order valence-corrected chi connectivity index (χ0v) is 12.5. The van der Waals surface area contributed by atoms with E-state index >= 15 is 0 Å². The molecule has 2 nitrogen and oxygen atoms in total. The second-order valence-corrected chi connectivity index (χ2v) is 6.95. The zero-order chi connectivity index (χ0) is 12.8. The molecule has 1 unspecified atom stereocenters. The van der Waals surface area contributed by atoms with Gasteiger partial charge in [-0.2, -0.15) is 0 Å². The molecule has 1 saturated heterocycles. The predicted molar refractivity (Wildman–Crippen MR) is 78.8 cm³/mol. The van der Waals surface area contributed by atoms with Crippen molar-refractivity contribution < 1.29 is 0 Å². The Balaban J connectivity index is 1.53. The average molecular weight is 252 g/mol. The molecule has 2 aliphatic rings. The maximum Gasteiger partial charge on any atom is 0.00223 e. The van der Waals surface area contributed by atoms with E-state index in [2.05, 4.69) is 24.1 Å². The molecule has 0 spiro atoms. The van der Waals surface area contributed by atoms with Crippen LogP contribution in [0.25, 0.3) is 0 Å². The lowest BCUT2D eigenvalue weighted by Crippen LogP contribution is -2.29. The molecule has 2 rings (SSSR count). The van der Waals surface area contributed by atoms with Crippen LogP contribution in [-0.2, 0) is 0 Å². The largest absolute Gasteiger partial charge is 0.316 e. The van der Waals surface area contributed by atoms with Crippen LogP contribution in [-0.4, -0.2) is 37.6 Å². The lowest BCUT2D eigenvalue weighted by Gasteiger charge is -2.18. The van der Waals surface area contributed by atoms with Crippen LogP contribution in [0, 0.1) is 17.8 Å². The highest BCUT2D eigenvalue weighted by atomic mass is 15.1. The second kappa shape index (κ2) is 7.49. The Hall–Kier alpha value is -0.0800. The van der Waals surface area contributed by atoms with Crippen molar-refractivity contribution in [2.75, 3.05) is 32.7 Å². The molecule has 106 valence electrons. The van der Waals surface area contributed by atoms with Gasteiger partial charge in [0.1, 0.15) is 0 Å². The van der Waals surface area contributed by atoms with Crippen LogP contribution in [0.1, 0.15) is 52.4 Å². The molecule has 1 N–H and O–H groups in total. The minimum atomic E-state index is 0.782. The number of hydrogen-bond acceptors (Lipinski definition) is 2. The molecule has 0 aromatic rings. The monoisotopic (exact) mass is 252 g/mol. The second-order valence-electron chi connectivity index (χ2n) is 6.95. The van der Waals surface area contributed by atoms with E-state index < -0.39 is 0 Å². The van der Waals surface area contributed by atoms with Crippen molar-refractivity contribution in [3.8, 4) is 0 Å². The van der Waals surface area contributed by atoms with E-state index in [1.54, 1.807) is 0 Å². The first-order valence-electron chi connectivity index (χ1n) is 8.17. The topological polar surface area (TPSA) is 15.3 Å². The highest BCUT2D eigenvalue weighted by Gasteiger charge is 2.23. The summed E-state index contributed by atoms with van der Waals surface area (Å²) in [6.07, 6.45) is 8.88. The van der Waals surface area contributed by atoms with Gasteiger partial charge >= 0.3 is 0 Å². The molecule has 1 saturated carbocycles. The van der Waals surface area contributed by atoms with Crippen LogP contribution in [0.4, 0.5) is 0 Å². The molecule has 0 amide bonds. The summed E-state index contributed by atoms with van der Waals surface area (Å²) in [6, 6.07) is 0. The Labute approximate surface area is 114 Å². The quantitative estimate of drug-likeness (QED) is 0.749. The molecular weight excluding hydrogens is 220 g/mol. The first-order valence-corrected chi connectivity index (χ1v) is 8.17. The fourth-order valence-corrected chi connectivity index (χ4v) is 3.52. The van der Waals surface area contributed by atoms with E-state index in [-0.39, 0.29) is 0 Å². The third-order valence-corrected chi connectivity index (χ3v) is 4.68. The van der Waals surface area contributed by atoms with Gasteiger partial charge in [0, 0.05) is 6.54 Å². The van der Waals surface area contributed by atoms with Crippen LogP contribution in [0.3, 0.4) is 0 Å². The summed E-state index contributed by atoms with van der Waals surface area (Å²) in [6.45, 7) is 11.0. The third kappa shape index (κ3) is 4.89. The molecular formula is C16H32N2. The van der Waals surface area contributed by atoms with Gasteiger partial charge in [0.2, 0.25) is 0 Å². The van der Waals surface area contributed by atoms with Crippen molar-refractivity contribution in [3.05, 3.63) is 0 Å². The van der Waals surface area contributed by atoms with Crippen molar-refractivity contribution >= 4 is 0 Å². The summed E-state index contributed by atoms with van der Waals surface area (Å²) in [5.74, 6) is 2.75. The molecule has 0 aromatic heterocycles. The molecule has 1 atom stereocenters. The Morgan fingerprint density at radius 1 is 1.11 bits per heavy atom. The Morgan fingerprint density at radius 3 is 2.61 bits per heavy atom. The molecule has 0 radical (unpaired) electrons. The summed E-state index contributed by atoms with van der Waals surface area (Å²) < 4.78 is 0. The SMILES string of the molecule is CC(C)CNCC1CCN(CCC2CCCC2)C1. The zero-order valence-electron chi connectivity index (χ0n) is 12.5. The summed E-state index contributed by atoms with van der Waals surface area (Å²) in [5, 5.41) is 3.62. The van der Waals surface area contributed by atoms with Crippen LogP contribution < -0.4 is 5.32 Å². The maximum atomic E-state index is 3.62. The van der Waals surface area contributed by atoms with E-state index in [1.165, 1.54) is 71.2 Å². The van der Waals surface area contributed by atoms with E-state index in [1.807, 2.05) is 0 Å². The fourth-order valence-electron chi connectivity index (χ4n) is 3.52. The van der Waals surface area contributed by atoms with E-state index in [9.17, 15) is 0 Å². The molecule has 0 aromatic carbocycles. The Bertz CT molecular complexity index is 221. The highest BCUT2D eigenvalue weighted by molar-refractivity contribution is 4.78. The van der Waals surface area contributed by atoms with Crippen molar-refractivity contribution in [2.24, 2.45) is 17.8 Å². The number of nitrogens with one attached hydrogen (secondary N) is 1. The van der Waals surface area contributed by atoms with Gasteiger partial charge in [-0.3, -0.25) is 0 Å². The lowest BCUT2D eigenvalue weighted by molar-refractivity contribution is 0.291. The van der Waals surface area contributed by atoms with Gasteiger partial charge in [0.15, 0.2) is 0 Å². The minimum Gasteiger partial charge on any atom is -0.316 e. The van der Waals surface area contributed by atoms with Crippen molar-refractivity contribution in [1.82, 2.24) is 10.2 Å². The average Bonchev–Trinajstić information content (AvgIpc) is 2.96. The molecule has 2 heteroatoms. The van der Waals surface area contributed by atoms with Crippen LogP contribution in [0.15, 0.2) is 0 Å². The summed E-state index contributed by atoms with van der Waals surface area (Å²) in [4.78, 5) is 2.71. The first kappa shape index (κ1) is 14.3. The molecule has 18 heavy (non-hydrogen) atoms. The van der Waals surface area contributed by atoms with E-state index in [4.69, 9.17) is 0 Å². The predicted octanol–water partition coefficient (Wildman–Crippen LogP) is 3.13. The van der Waals surface area contributed by atoms with Gasteiger partial charge in [-0.1, -0.05) is 39.5 Å². The van der Waals surface area contributed by atoms with Gasteiger partial charge in [-0.15, -0.1) is 0 Å². The van der Waals surface area contributed by atoms with Gasteiger partial charge in [0.25, 0.3) is 0 Å². The minimum absolute atomic E-state index is 0.782. The molecule has 0 bridgehead atoms. The van der Waals surface area contributed by atoms with Crippen LogP contribution in [0.5, 0.6) is 0 Å². The van der Waals surface area contributed by atoms with Gasteiger partial charge in [-0.25, -0.2) is 0 Å². The third-order valence-electron chi connectivity index (χ3n) is 4.68. The smallest absolute Gasteiger partial charge is 0.00223 e. The summed E-state index contributed by atoms with van der Waals surface area (Å²) in [5.41, 5.74) is 0. The fraction of sp³-hybridized carbons (Fsp3) is 1.00. The van der Waals surface area contributed by atoms with Crippen LogP contribution >= 0.6 is 0 Å². The van der Waals surface area contributed by atoms with Crippen molar-refractivity contribution in [3.63, 3.8) is 0 Å². The number of likely N-dealkylation sites (tertiary alicyclic amines) is 1. The van der Waals surface area contributed by atoms with E-state index in [0.717, 1.165) is 17.8 Å². The van der Waals surface area contributed by atoms with Crippen molar-refractivity contribution in [1.29, 1.82) is 0 Å². The normalized spacial score (nSPS) is 26.5. The number of rotatable bonds is 7. The van der Waals surface area contributed by atoms with Crippen molar-refractivity contribution in [2.45, 2.75) is 52.4 Å². The van der Waals surface area contributed by atoms with Gasteiger partial charge in [-0.05, 0) is 56.8 Å². The Morgan fingerprint density at radius 2 is 1.89 bits per heavy atom. The molecule has 1 aliphatic carbocycles. The van der Waals surface area contributed by atoms with E-state index in [0.29, 0.717) is 0 Å². The summed E-state index contributed by atoms with van der Waals surface area (Å²) >= 11 is 0. The van der Waals surface area contributed by atoms with Gasteiger partial charge in [0.05, 0.1) is 0 Å². The van der Waals surface area contributed by atoms with Gasteiger partial charge < -0.3 is 10.2 Å². The lowest BCUT2D eigenvalue weighted by atomic mass is 10.0. The summed E-state index contributed by atoms with van der Waals surface area (Å²) in [7, 11) is 0. The first-order chi connectivity index (χ1) is 8.74. The molecule has 2 fully saturated rings. The Kier molecular flexibility index (Phi) is 5.97. The maximum absolute atomic E-state index is 3.62. The highest BCUT2D eigenvalue weighted by Crippen LogP contribution is 2.28. The molecule has 1 heterocycles. The van der Waals surface area contributed by atoms with Crippen LogP contribution in [0.2, 0.25) is 0 Å². The molecule has 1 aliphatic heterocycles. The number of nitrogens with zero attached hydrogens (tertiary/aromatic N) is 1.